The van der Waals surface area contributed by atoms with E-state index in [0.29, 0.717) is 44.1 Å². The molecule has 2 aromatic rings. The zero-order chi connectivity index (χ0) is 23.9. The lowest BCUT2D eigenvalue weighted by Gasteiger charge is -2.29. The second-order valence-corrected chi connectivity index (χ2v) is 8.20. The SMILES string of the molecule is C=CCOc1ccc(C2C(=C(O)c3ccncc3)C(=O)C(=O)N2CCCN2CCOCC2)cc1. The number of carbonyl (C=O) groups is 2. The number of likely N-dealkylation sites (tertiary alicyclic amines) is 1. The number of benzene rings is 1. The van der Waals surface area contributed by atoms with Crippen molar-refractivity contribution in [1.29, 1.82) is 0 Å². The monoisotopic (exact) mass is 463 g/mol. The van der Waals surface area contributed by atoms with Gasteiger partial charge in [-0.3, -0.25) is 19.5 Å². The highest BCUT2D eigenvalue weighted by Crippen LogP contribution is 2.39. The molecule has 0 aliphatic carbocycles. The second kappa shape index (κ2) is 11.1. The Morgan fingerprint density at radius 2 is 1.82 bits per heavy atom. The van der Waals surface area contributed by atoms with Gasteiger partial charge in [0.2, 0.25) is 0 Å². The van der Waals surface area contributed by atoms with Gasteiger partial charge in [0, 0.05) is 44.1 Å². The minimum atomic E-state index is -0.689. The van der Waals surface area contributed by atoms with Crippen molar-refractivity contribution in [3.8, 4) is 5.75 Å². The smallest absolute Gasteiger partial charge is 0.295 e. The van der Waals surface area contributed by atoms with E-state index in [-0.39, 0.29) is 11.3 Å². The molecule has 2 aliphatic rings. The van der Waals surface area contributed by atoms with Crippen molar-refractivity contribution in [1.82, 2.24) is 14.8 Å². The number of carbonyl (C=O) groups excluding carboxylic acids is 2. The topological polar surface area (TPSA) is 92.2 Å². The first-order valence-electron chi connectivity index (χ1n) is 11.4. The fourth-order valence-electron chi connectivity index (χ4n) is 4.31. The van der Waals surface area contributed by atoms with E-state index in [4.69, 9.17) is 9.47 Å². The number of ether oxygens (including phenoxy) is 2. The number of aromatic nitrogens is 1. The molecule has 0 bridgehead atoms. The number of hydrogen-bond donors (Lipinski definition) is 1. The van der Waals surface area contributed by atoms with Crippen LogP contribution in [0.4, 0.5) is 0 Å². The van der Waals surface area contributed by atoms with Crippen molar-refractivity contribution in [2.45, 2.75) is 12.5 Å². The Balaban J connectivity index is 1.64. The van der Waals surface area contributed by atoms with Crippen LogP contribution in [0, 0.1) is 0 Å². The van der Waals surface area contributed by atoms with Crippen LogP contribution in [0.1, 0.15) is 23.6 Å². The van der Waals surface area contributed by atoms with E-state index in [1.54, 1.807) is 35.2 Å². The molecule has 2 fully saturated rings. The summed E-state index contributed by atoms with van der Waals surface area (Å²) in [5, 5.41) is 11.1. The lowest BCUT2D eigenvalue weighted by Crippen LogP contribution is -2.38. The van der Waals surface area contributed by atoms with Crippen molar-refractivity contribution < 1.29 is 24.2 Å². The summed E-state index contributed by atoms with van der Waals surface area (Å²) in [7, 11) is 0. The summed E-state index contributed by atoms with van der Waals surface area (Å²) in [6, 6.07) is 9.77. The van der Waals surface area contributed by atoms with Crippen molar-refractivity contribution in [2.24, 2.45) is 0 Å². The number of amides is 1. The summed E-state index contributed by atoms with van der Waals surface area (Å²) in [5.74, 6) is -0.831. The maximum Gasteiger partial charge on any atom is 0.295 e. The van der Waals surface area contributed by atoms with E-state index in [1.807, 2.05) is 12.1 Å². The maximum absolute atomic E-state index is 13.1. The maximum atomic E-state index is 13.1. The Hall–Kier alpha value is -3.49. The van der Waals surface area contributed by atoms with Crippen LogP contribution in [-0.4, -0.2) is 77.6 Å². The number of aliphatic hydroxyl groups excluding tert-OH is 1. The van der Waals surface area contributed by atoms with Crippen LogP contribution in [0.5, 0.6) is 5.75 Å². The molecule has 1 N–H and O–H groups in total. The van der Waals surface area contributed by atoms with E-state index >= 15 is 0 Å². The highest BCUT2D eigenvalue weighted by atomic mass is 16.5. The van der Waals surface area contributed by atoms with Crippen molar-refractivity contribution in [2.75, 3.05) is 46.0 Å². The van der Waals surface area contributed by atoms with Gasteiger partial charge in [0.25, 0.3) is 11.7 Å². The third-order valence-electron chi connectivity index (χ3n) is 6.03. The Morgan fingerprint density at radius 1 is 1.12 bits per heavy atom. The van der Waals surface area contributed by atoms with Gasteiger partial charge in [-0.25, -0.2) is 0 Å². The van der Waals surface area contributed by atoms with Crippen molar-refractivity contribution >= 4 is 17.4 Å². The number of aliphatic hydroxyl groups is 1. The Morgan fingerprint density at radius 3 is 2.50 bits per heavy atom. The first-order valence-corrected chi connectivity index (χ1v) is 11.4. The fraction of sp³-hybridized carbons (Fsp3) is 0.346. The van der Waals surface area contributed by atoms with Crippen molar-refractivity contribution in [3.05, 3.63) is 78.1 Å². The Labute approximate surface area is 199 Å². The van der Waals surface area contributed by atoms with Crippen LogP contribution in [0.15, 0.2) is 67.0 Å². The first-order chi connectivity index (χ1) is 16.6. The van der Waals surface area contributed by atoms with Crippen LogP contribution < -0.4 is 4.74 Å². The van der Waals surface area contributed by atoms with Gasteiger partial charge in [-0.2, -0.15) is 0 Å². The molecular formula is C26H29N3O5. The van der Waals surface area contributed by atoms with E-state index < -0.39 is 17.7 Å². The quantitative estimate of drug-likeness (QED) is 0.265. The van der Waals surface area contributed by atoms with Crippen LogP contribution in [0.25, 0.3) is 5.76 Å². The fourth-order valence-corrected chi connectivity index (χ4v) is 4.31. The molecule has 1 aromatic heterocycles. The summed E-state index contributed by atoms with van der Waals surface area (Å²) >= 11 is 0. The molecule has 178 valence electrons. The summed E-state index contributed by atoms with van der Waals surface area (Å²) in [5.41, 5.74) is 1.26. The number of morpholine rings is 1. The lowest BCUT2D eigenvalue weighted by atomic mass is 9.95. The first kappa shape index (κ1) is 23.7. The van der Waals surface area contributed by atoms with Crippen LogP contribution in [0.3, 0.4) is 0 Å². The number of Topliss-reactive ketones (excluding diaryl/α,β-unsaturated/α-hetero) is 1. The molecule has 8 heteroatoms. The van der Waals surface area contributed by atoms with Crippen LogP contribution in [0.2, 0.25) is 0 Å². The van der Waals surface area contributed by atoms with Crippen LogP contribution in [-0.2, 0) is 14.3 Å². The standard InChI is InChI=1S/C26H29N3O5/c1-2-16-34-21-6-4-19(5-7-21)23-22(24(30)20-8-10-27-11-9-20)25(31)26(32)29(23)13-3-12-28-14-17-33-18-15-28/h2,4-11,23,30H,1,3,12-18H2. The molecule has 1 aromatic carbocycles. The van der Waals surface area contributed by atoms with Gasteiger partial charge in [0.15, 0.2) is 0 Å². The number of ketones is 1. The zero-order valence-electron chi connectivity index (χ0n) is 19.1. The minimum Gasteiger partial charge on any atom is -0.507 e. The average molecular weight is 464 g/mol. The Bertz CT molecular complexity index is 1050. The van der Waals surface area contributed by atoms with Gasteiger partial charge in [0.05, 0.1) is 24.8 Å². The van der Waals surface area contributed by atoms with Gasteiger partial charge < -0.3 is 19.5 Å². The van der Waals surface area contributed by atoms with Gasteiger partial charge in [-0.15, -0.1) is 0 Å². The van der Waals surface area contributed by atoms with E-state index in [2.05, 4.69) is 16.5 Å². The Kier molecular flexibility index (Phi) is 7.72. The molecule has 8 nitrogen and oxygen atoms in total. The molecule has 4 rings (SSSR count). The largest absolute Gasteiger partial charge is 0.507 e. The minimum absolute atomic E-state index is 0.0855. The normalized spacial score (nSPS) is 20.5. The molecule has 0 saturated carbocycles. The van der Waals surface area contributed by atoms with Gasteiger partial charge in [-0.05, 0) is 36.2 Å². The van der Waals surface area contributed by atoms with E-state index in [0.717, 1.165) is 25.2 Å². The number of pyridine rings is 1. The summed E-state index contributed by atoms with van der Waals surface area (Å²) < 4.78 is 11.0. The van der Waals surface area contributed by atoms with Crippen molar-refractivity contribution in [3.63, 3.8) is 0 Å². The van der Waals surface area contributed by atoms with E-state index in [1.165, 1.54) is 12.4 Å². The molecule has 3 heterocycles. The van der Waals surface area contributed by atoms with Gasteiger partial charge in [0.1, 0.15) is 18.1 Å². The third-order valence-corrected chi connectivity index (χ3v) is 6.03. The molecular weight excluding hydrogens is 434 g/mol. The number of rotatable bonds is 9. The molecule has 1 amide bonds. The predicted octanol–water partition coefficient (Wildman–Crippen LogP) is 2.79. The zero-order valence-corrected chi connectivity index (χ0v) is 19.1. The highest BCUT2D eigenvalue weighted by molar-refractivity contribution is 6.46. The number of nitrogens with zero attached hydrogens (tertiary/aromatic N) is 3. The van der Waals surface area contributed by atoms with Gasteiger partial charge >= 0.3 is 0 Å². The third kappa shape index (κ3) is 5.18. The molecule has 34 heavy (non-hydrogen) atoms. The summed E-state index contributed by atoms with van der Waals surface area (Å²) in [6.07, 6.45) is 5.44. The van der Waals surface area contributed by atoms with Gasteiger partial charge in [-0.1, -0.05) is 24.8 Å². The summed E-state index contributed by atoms with van der Waals surface area (Å²) in [4.78, 5) is 34.0. The molecule has 2 aliphatic heterocycles. The molecule has 0 spiro atoms. The summed E-state index contributed by atoms with van der Waals surface area (Å²) in [6.45, 7) is 8.35. The van der Waals surface area contributed by atoms with Crippen LogP contribution >= 0.6 is 0 Å². The molecule has 2 saturated heterocycles. The predicted molar refractivity (Wildman–Crippen MR) is 127 cm³/mol. The second-order valence-electron chi connectivity index (χ2n) is 8.20. The molecule has 1 atom stereocenters. The average Bonchev–Trinajstić information content (AvgIpc) is 3.13. The molecule has 0 radical (unpaired) electrons. The molecule has 1 unspecified atom stereocenters. The van der Waals surface area contributed by atoms with E-state index in [9.17, 15) is 14.7 Å². The lowest BCUT2D eigenvalue weighted by molar-refractivity contribution is -0.140. The highest BCUT2D eigenvalue weighted by Gasteiger charge is 2.45. The number of hydrogen-bond acceptors (Lipinski definition) is 7.